The van der Waals surface area contributed by atoms with Crippen molar-refractivity contribution in [2.45, 2.75) is 0 Å². The van der Waals surface area contributed by atoms with Crippen LogP contribution in [-0.2, 0) is 0 Å². The third-order valence-corrected chi connectivity index (χ3v) is 10.5. The lowest BCUT2D eigenvalue weighted by molar-refractivity contribution is 1.24. The quantitative estimate of drug-likeness (QED) is 0.194. The fourth-order valence-corrected chi connectivity index (χ4v) is 8.85. The van der Waals surface area contributed by atoms with Gasteiger partial charge in [-0.2, -0.15) is 0 Å². The normalized spacial score (nSPS) is 12.0. The van der Waals surface area contributed by atoms with Gasteiger partial charge in [0.15, 0.2) is 0 Å². The van der Waals surface area contributed by atoms with E-state index in [2.05, 4.69) is 148 Å². The second-order valence-corrected chi connectivity index (χ2v) is 13.3. The predicted molar refractivity (Wildman–Crippen MR) is 197 cm³/mol. The van der Waals surface area contributed by atoms with Crippen LogP contribution in [0.25, 0.3) is 69.4 Å². The molecule has 4 heterocycles. The van der Waals surface area contributed by atoms with Crippen molar-refractivity contribution in [1.29, 1.82) is 0 Å². The van der Waals surface area contributed by atoms with Crippen molar-refractivity contribution < 1.29 is 0 Å². The van der Waals surface area contributed by atoms with Crippen LogP contribution in [0.4, 0.5) is 17.1 Å². The zero-order valence-corrected chi connectivity index (χ0v) is 26.1. The summed E-state index contributed by atoms with van der Waals surface area (Å²) in [6, 6.07) is 47.9. The molecule has 0 aliphatic rings. The number of para-hydroxylation sites is 2. The molecular weight excluding hydrogens is 602 g/mol. The fourth-order valence-electron chi connectivity index (χ4n) is 7.34. The first kappa shape index (κ1) is 25.9. The molecule has 0 aliphatic carbocycles. The molecule has 0 radical (unpaired) electrons. The number of nitrogens with zero attached hydrogens (tertiary/aromatic N) is 3. The van der Waals surface area contributed by atoms with E-state index in [1.165, 1.54) is 69.4 Å². The van der Waals surface area contributed by atoms with E-state index in [1.807, 2.05) is 23.7 Å². The van der Waals surface area contributed by atoms with Gasteiger partial charge in [-0.05, 0) is 83.2 Å². The van der Waals surface area contributed by atoms with Crippen LogP contribution in [0.3, 0.4) is 0 Å². The molecule has 0 atom stereocenters. The summed E-state index contributed by atoms with van der Waals surface area (Å²) >= 11 is 8.74. The van der Waals surface area contributed by atoms with E-state index < -0.39 is 0 Å². The highest BCUT2D eigenvalue weighted by Gasteiger charge is 2.23. The third kappa shape index (κ3) is 3.69. The molecule has 0 saturated heterocycles. The van der Waals surface area contributed by atoms with Gasteiger partial charge in [0.05, 0.1) is 16.6 Å². The molecule has 0 N–H and O–H groups in total. The Balaban J connectivity index is 1.45. The van der Waals surface area contributed by atoms with Crippen LogP contribution in [0.15, 0.2) is 146 Å². The smallest absolute Gasteiger partial charge is 0.0620 e. The minimum absolute atomic E-state index is 0.751. The Morgan fingerprint density at radius 3 is 2.00 bits per heavy atom. The van der Waals surface area contributed by atoms with E-state index in [9.17, 15) is 0 Å². The van der Waals surface area contributed by atoms with E-state index in [1.54, 1.807) is 0 Å². The van der Waals surface area contributed by atoms with Crippen LogP contribution in [0.1, 0.15) is 0 Å². The van der Waals surface area contributed by atoms with Crippen molar-refractivity contribution in [2.75, 3.05) is 4.90 Å². The average molecular weight is 626 g/mol. The van der Waals surface area contributed by atoms with E-state index in [4.69, 9.17) is 11.6 Å². The minimum Gasteiger partial charge on any atom is -0.310 e. The van der Waals surface area contributed by atoms with E-state index in [0.29, 0.717) is 0 Å². The molecule has 6 aromatic carbocycles. The van der Waals surface area contributed by atoms with Crippen LogP contribution >= 0.6 is 22.9 Å². The molecule has 0 bridgehead atoms. The number of halogens is 1. The van der Waals surface area contributed by atoms with E-state index >= 15 is 0 Å². The second-order valence-electron chi connectivity index (χ2n) is 11.8. The Morgan fingerprint density at radius 2 is 1.20 bits per heavy atom. The number of hydrogen-bond acceptors (Lipinski definition) is 3. The molecule has 0 spiro atoms. The Hall–Kier alpha value is -5.42. The largest absolute Gasteiger partial charge is 0.310 e. The first-order valence-electron chi connectivity index (χ1n) is 15.3. The van der Waals surface area contributed by atoms with Gasteiger partial charge < -0.3 is 9.30 Å². The van der Waals surface area contributed by atoms with Crippen LogP contribution in [0.2, 0.25) is 5.02 Å². The second kappa shape index (κ2) is 9.79. The van der Waals surface area contributed by atoms with E-state index in [0.717, 1.165) is 22.1 Å². The van der Waals surface area contributed by atoms with Gasteiger partial charge in [0.2, 0.25) is 0 Å². The summed E-state index contributed by atoms with van der Waals surface area (Å²) < 4.78 is 4.92. The summed E-state index contributed by atoms with van der Waals surface area (Å²) in [7, 11) is 0. The van der Waals surface area contributed by atoms with Crippen LogP contribution in [0, 0.1) is 0 Å². The maximum atomic E-state index is 6.93. The lowest BCUT2D eigenvalue weighted by Gasteiger charge is -2.25. The number of aromatic nitrogens is 2. The molecule has 0 unspecified atom stereocenters. The van der Waals surface area contributed by atoms with Crippen molar-refractivity contribution in [3.8, 4) is 11.1 Å². The molecule has 0 aliphatic heterocycles. The molecule has 10 aromatic rings. The fraction of sp³-hybridized carbons (Fsp3) is 0. The summed E-state index contributed by atoms with van der Waals surface area (Å²) in [6.07, 6.45) is 3.71. The lowest BCUT2D eigenvalue weighted by atomic mass is 9.98. The first-order valence-corrected chi connectivity index (χ1v) is 16.5. The van der Waals surface area contributed by atoms with Crippen molar-refractivity contribution in [1.82, 2.24) is 9.38 Å². The summed E-state index contributed by atoms with van der Waals surface area (Å²) in [5.41, 5.74) is 9.21. The summed E-state index contributed by atoms with van der Waals surface area (Å²) in [4.78, 5) is 6.64. The first-order chi connectivity index (χ1) is 22.7. The maximum absolute atomic E-state index is 6.93. The van der Waals surface area contributed by atoms with Gasteiger partial charge in [0, 0.05) is 70.8 Å². The molecule has 10 rings (SSSR count). The SMILES string of the molecule is Clc1cc2sc3cc(N(c4ccccc4)c4ccncc4)cc4c3c2c(c1)c1cc(-c2ccccc2)cc2c3ccccc3n4c12. The highest BCUT2D eigenvalue weighted by atomic mass is 35.5. The molecule has 0 amide bonds. The average Bonchev–Trinajstić information content (AvgIpc) is 3.60. The summed E-state index contributed by atoms with van der Waals surface area (Å²) in [6.45, 7) is 0. The molecule has 3 nitrogen and oxygen atoms in total. The monoisotopic (exact) mass is 625 g/mol. The predicted octanol–water partition coefficient (Wildman–Crippen LogP) is 12.4. The molecular formula is C41H24ClN3S. The third-order valence-electron chi connectivity index (χ3n) is 9.20. The number of fused-ring (bicyclic) bond motifs is 5. The Kier molecular flexibility index (Phi) is 5.50. The minimum atomic E-state index is 0.751. The lowest BCUT2D eigenvalue weighted by Crippen LogP contribution is -2.10. The number of thiophene rings is 1. The van der Waals surface area contributed by atoms with Gasteiger partial charge in [-0.25, -0.2) is 0 Å². The zero-order chi connectivity index (χ0) is 30.4. The number of pyridine rings is 1. The highest BCUT2D eigenvalue weighted by molar-refractivity contribution is 7.26. The number of hydrogen-bond donors (Lipinski definition) is 0. The molecule has 216 valence electrons. The number of benzene rings is 6. The molecule has 46 heavy (non-hydrogen) atoms. The molecule has 5 heteroatoms. The summed E-state index contributed by atoms with van der Waals surface area (Å²) in [5.74, 6) is 0. The van der Waals surface area contributed by atoms with Crippen LogP contribution < -0.4 is 4.90 Å². The standard InChI is InChI=1S/C41H24ClN3S/c42-27-21-32-34-20-26(25-9-3-1-4-10-25)19-33-31-13-7-8-14-35(31)45(41(33)34)36-23-30(24-38-40(36)39(32)37(22-27)46-38)44(28-11-5-2-6-12-28)29-15-17-43-18-16-29/h1-24H. The Labute approximate surface area is 273 Å². The topological polar surface area (TPSA) is 20.5 Å². The number of anilines is 3. The number of rotatable bonds is 4. The summed E-state index contributed by atoms with van der Waals surface area (Å²) in [5, 5.41) is 8.13. The Bertz CT molecular complexity index is 2710. The van der Waals surface area contributed by atoms with Gasteiger partial charge in [-0.15, -0.1) is 11.3 Å². The van der Waals surface area contributed by atoms with Crippen molar-refractivity contribution in [2.24, 2.45) is 0 Å². The Morgan fingerprint density at radius 1 is 0.522 bits per heavy atom. The molecule has 4 aromatic heterocycles. The van der Waals surface area contributed by atoms with Crippen LogP contribution in [0.5, 0.6) is 0 Å². The van der Waals surface area contributed by atoms with Gasteiger partial charge >= 0.3 is 0 Å². The van der Waals surface area contributed by atoms with Gasteiger partial charge in [0.1, 0.15) is 0 Å². The highest BCUT2D eigenvalue weighted by Crippen LogP contribution is 2.49. The molecule has 0 fully saturated rings. The van der Waals surface area contributed by atoms with Crippen molar-refractivity contribution in [3.05, 3.63) is 151 Å². The van der Waals surface area contributed by atoms with E-state index in [-0.39, 0.29) is 0 Å². The van der Waals surface area contributed by atoms with Gasteiger partial charge in [-0.3, -0.25) is 4.98 Å². The van der Waals surface area contributed by atoms with Gasteiger partial charge in [-0.1, -0.05) is 78.3 Å². The zero-order valence-electron chi connectivity index (χ0n) is 24.5. The van der Waals surface area contributed by atoms with Crippen LogP contribution in [-0.4, -0.2) is 9.38 Å². The van der Waals surface area contributed by atoms with Crippen molar-refractivity contribution >= 4 is 98.3 Å². The van der Waals surface area contributed by atoms with Gasteiger partial charge in [0.25, 0.3) is 0 Å². The maximum Gasteiger partial charge on any atom is 0.0620 e. The molecule has 0 saturated carbocycles. The van der Waals surface area contributed by atoms with Crippen molar-refractivity contribution in [3.63, 3.8) is 0 Å².